The number of aliphatic hydroxyl groups is 3. The highest BCUT2D eigenvalue weighted by atomic mass is 16.3. The Kier molecular flexibility index (Phi) is 10.1. The maximum Gasteiger partial charge on any atom is 0.209 e. The van der Waals surface area contributed by atoms with Crippen molar-refractivity contribution in [3.8, 4) is 16.9 Å². The molecule has 3 aliphatic rings. The number of allylic oxidation sites excluding steroid dienone is 2. The first-order chi connectivity index (χ1) is 23.8. The molecule has 2 aromatic carbocycles. The number of hydrogen-bond donors (Lipinski definition) is 4. The largest absolute Gasteiger partial charge is 0.511 e. The van der Waals surface area contributed by atoms with Crippen LogP contribution in [0.3, 0.4) is 0 Å². The van der Waals surface area contributed by atoms with E-state index in [-0.39, 0.29) is 47.3 Å². The van der Waals surface area contributed by atoms with Gasteiger partial charge >= 0.3 is 0 Å². The summed E-state index contributed by atoms with van der Waals surface area (Å²) in [5, 5.41) is 47.0. The van der Waals surface area contributed by atoms with Gasteiger partial charge in [-0.05, 0) is 91.2 Å². The van der Waals surface area contributed by atoms with Crippen LogP contribution < -0.4 is 0 Å². The van der Waals surface area contributed by atoms with E-state index in [0.717, 1.165) is 42.0 Å². The normalized spacial score (nSPS) is 26.7. The second-order valence-corrected chi connectivity index (χ2v) is 16.5. The predicted octanol–water partition coefficient (Wildman–Crippen LogP) is 8.15. The number of carbonyl (C=O) groups is 4. The number of fused-ring (bicyclic) bond motifs is 3. The molecule has 0 radical (unpaired) electrons. The van der Waals surface area contributed by atoms with Gasteiger partial charge in [0.1, 0.15) is 28.6 Å². The second kappa shape index (κ2) is 13.5. The lowest BCUT2D eigenvalue weighted by molar-refractivity contribution is -0.171. The number of ketones is 4. The molecule has 2 unspecified atom stereocenters. The number of carbonyl (C=O) groups excluding carboxylic acids is 4. The fourth-order valence-corrected chi connectivity index (χ4v) is 9.93. The molecule has 8 nitrogen and oxygen atoms in total. The Balaban J connectivity index is 1.68. The molecule has 4 N–H and O–H groups in total. The molecule has 5 rings (SSSR count). The van der Waals surface area contributed by atoms with Crippen LogP contribution in [0.1, 0.15) is 115 Å². The van der Waals surface area contributed by atoms with E-state index in [1.807, 2.05) is 33.8 Å². The molecule has 0 fully saturated rings. The van der Waals surface area contributed by atoms with Gasteiger partial charge in [0.15, 0.2) is 17.2 Å². The van der Waals surface area contributed by atoms with E-state index in [4.69, 9.17) is 0 Å². The van der Waals surface area contributed by atoms with Crippen molar-refractivity contribution in [2.75, 3.05) is 0 Å². The van der Waals surface area contributed by atoms with Crippen LogP contribution in [-0.2, 0) is 33.6 Å². The third-order valence-corrected chi connectivity index (χ3v) is 12.1. The lowest BCUT2D eigenvalue weighted by Crippen LogP contribution is -2.67. The number of hydrogen-bond acceptors (Lipinski definition) is 8. The van der Waals surface area contributed by atoms with Gasteiger partial charge in [-0.2, -0.15) is 0 Å². The molecule has 3 aliphatic carbocycles. The fourth-order valence-electron chi connectivity index (χ4n) is 9.93. The average Bonchev–Trinajstić information content (AvgIpc) is 3.03. The van der Waals surface area contributed by atoms with Gasteiger partial charge in [-0.3, -0.25) is 19.2 Å². The molecular formula is C43H54O8. The Morgan fingerprint density at radius 3 is 2.20 bits per heavy atom. The second-order valence-electron chi connectivity index (χ2n) is 16.5. The first-order valence-corrected chi connectivity index (χ1v) is 18.5. The van der Waals surface area contributed by atoms with Gasteiger partial charge < -0.3 is 20.4 Å². The van der Waals surface area contributed by atoms with Crippen molar-refractivity contribution in [3.05, 3.63) is 75.3 Å². The number of rotatable bonds is 11. The van der Waals surface area contributed by atoms with Crippen LogP contribution in [0.15, 0.2) is 53.0 Å². The van der Waals surface area contributed by atoms with Gasteiger partial charge in [-0.15, -0.1) is 0 Å². The zero-order chi connectivity index (χ0) is 38.0. The zero-order valence-corrected chi connectivity index (χ0v) is 31.6. The molecule has 0 saturated heterocycles. The highest BCUT2D eigenvalue weighted by Gasteiger charge is 2.71. The van der Waals surface area contributed by atoms with Crippen LogP contribution in [0.5, 0.6) is 5.75 Å². The Morgan fingerprint density at radius 1 is 0.961 bits per heavy atom. The summed E-state index contributed by atoms with van der Waals surface area (Å²) < 4.78 is 0. The summed E-state index contributed by atoms with van der Waals surface area (Å²) in [5.74, 6) is -4.65. The molecule has 2 aromatic rings. The summed E-state index contributed by atoms with van der Waals surface area (Å²) in [6.45, 7) is 16.4. The van der Waals surface area contributed by atoms with Gasteiger partial charge in [0, 0.05) is 34.7 Å². The first-order valence-electron chi connectivity index (χ1n) is 18.5. The van der Waals surface area contributed by atoms with E-state index in [9.17, 15) is 39.6 Å². The van der Waals surface area contributed by atoms with Crippen molar-refractivity contribution < 1.29 is 39.6 Å². The number of aromatic hydroxyl groups is 1. The number of Topliss-reactive ketones (excluding diaryl/α,β-unsaturated/α-hetero) is 4. The average molecular weight is 699 g/mol. The van der Waals surface area contributed by atoms with Crippen LogP contribution in [-0.4, -0.2) is 49.2 Å². The van der Waals surface area contributed by atoms with Crippen LogP contribution >= 0.6 is 0 Å². The molecule has 274 valence electrons. The van der Waals surface area contributed by atoms with E-state index in [1.165, 1.54) is 6.07 Å². The van der Waals surface area contributed by atoms with E-state index < -0.39 is 56.8 Å². The van der Waals surface area contributed by atoms with Gasteiger partial charge in [0.2, 0.25) is 5.78 Å². The highest BCUT2D eigenvalue weighted by molar-refractivity contribution is 6.25. The molecule has 8 heteroatoms. The van der Waals surface area contributed by atoms with Gasteiger partial charge in [-0.25, -0.2) is 0 Å². The lowest BCUT2D eigenvalue weighted by atomic mass is 9.44. The maximum absolute atomic E-state index is 14.6. The van der Waals surface area contributed by atoms with Crippen LogP contribution in [0.25, 0.3) is 11.1 Å². The van der Waals surface area contributed by atoms with Gasteiger partial charge in [0.05, 0.1) is 5.56 Å². The molecule has 0 heterocycles. The zero-order valence-electron chi connectivity index (χ0n) is 31.6. The van der Waals surface area contributed by atoms with Crippen molar-refractivity contribution in [1.82, 2.24) is 0 Å². The van der Waals surface area contributed by atoms with Crippen molar-refractivity contribution >= 4 is 23.1 Å². The maximum atomic E-state index is 14.6. The minimum Gasteiger partial charge on any atom is -0.511 e. The SMILES string of the molecule is CCC(=O)C(CCc1ccc(CC)c(-c2ccc(O)c3c2C[C@]2(C)C[C@]4(C)C(C(C)C)C(O)=C(C(C)=O)C(=O)[C@]4(O)C(O)=C2C3=O)c1)CC(C)C. The van der Waals surface area contributed by atoms with Crippen molar-refractivity contribution in [2.45, 2.75) is 113 Å². The van der Waals surface area contributed by atoms with E-state index in [1.54, 1.807) is 6.92 Å². The Labute approximate surface area is 301 Å². The van der Waals surface area contributed by atoms with Gasteiger partial charge in [-0.1, -0.05) is 79.7 Å². The molecule has 0 amide bonds. The quantitative estimate of drug-likeness (QED) is 0.172. The summed E-state index contributed by atoms with van der Waals surface area (Å²) in [6, 6.07) is 9.57. The van der Waals surface area contributed by atoms with Crippen molar-refractivity contribution in [1.29, 1.82) is 0 Å². The van der Waals surface area contributed by atoms with E-state index in [2.05, 4.69) is 39.0 Å². The van der Waals surface area contributed by atoms with Crippen molar-refractivity contribution in [2.24, 2.45) is 34.5 Å². The van der Waals surface area contributed by atoms with Crippen LogP contribution in [0.4, 0.5) is 0 Å². The van der Waals surface area contributed by atoms with Gasteiger partial charge in [0.25, 0.3) is 0 Å². The van der Waals surface area contributed by atoms with E-state index in [0.29, 0.717) is 30.7 Å². The predicted molar refractivity (Wildman–Crippen MR) is 197 cm³/mol. The van der Waals surface area contributed by atoms with Crippen molar-refractivity contribution in [3.63, 3.8) is 0 Å². The first kappa shape index (κ1) is 38.2. The molecule has 0 aromatic heterocycles. The molecule has 5 atom stereocenters. The number of benzene rings is 2. The summed E-state index contributed by atoms with van der Waals surface area (Å²) in [4.78, 5) is 54.1. The number of aliphatic hydroxyl groups excluding tert-OH is 2. The summed E-state index contributed by atoms with van der Waals surface area (Å²) in [5.41, 5.74) is -1.59. The lowest BCUT2D eigenvalue weighted by Gasteiger charge is -2.59. The number of phenolic OH excluding ortho intramolecular Hbond substituents is 1. The molecular weight excluding hydrogens is 644 g/mol. The summed E-state index contributed by atoms with van der Waals surface area (Å²) in [7, 11) is 0. The van der Waals surface area contributed by atoms with Crippen LogP contribution in [0, 0.1) is 34.5 Å². The molecule has 0 aliphatic heterocycles. The smallest absolute Gasteiger partial charge is 0.209 e. The Morgan fingerprint density at radius 2 is 1.63 bits per heavy atom. The third-order valence-electron chi connectivity index (χ3n) is 12.1. The third kappa shape index (κ3) is 5.87. The molecule has 0 saturated carbocycles. The topological polar surface area (TPSA) is 149 Å². The summed E-state index contributed by atoms with van der Waals surface area (Å²) in [6.07, 6.45) is 3.72. The molecule has 0 bridgehead atoms. The number of phenols is 1. The van der Waals surface area contributed by atoms with Crippen LogP contribution in [0.2, 0.25) is 0 Å². The molecule has 0 spiro atoms. The fraction of sp³-hybridized carbons (Fsp3) is 0.535. The highest BCUT2D eigenvalue weighted by Crippen LogP contribution is 2.65. The Bertz CT molecular complexity index is 1880. The Hall–Kier alpha value is -4.04. The minimum absolute atomic E-state index is 0.00516. The monoisotopic (exact) mass is 698 g/mol. The summed E-state index contributed by atoms with van der Waals surface area (Å²) >= 11 is 0. The standard InChI is InChI=1S/C43H54O8/c1-10-26-14-12-25(13-15-27(18-22(3)4)31(45)11-2)19-29(26)28-16-17-32(46)34-30(28)20-41(8)21-42(9)35(23(5)6)37(47)33(24(7)44)39(49)43(42,51)40(50)36(41)38(34)48/h12,14,16-17,19,22-23,27,35,46-47,50-51H,10-11,13,15,18,20-21H2,1-9H3/t27?,35?,41-,42-,43+/m1/s1. The molecule has 51 heavy (non-hydrogen) atoms. The minimum atomic E-state index is -2.65. The van der Waals surface area contributed by atoms with E-state index >= 15 is 0 Å². The number of aryl methyl sites for hydroxylation is 2.